The summed E-state index contributed by atoms with van der Waals surface area (Å²) >= 11 is 0. The molecule has 1 fully saturated rings. The van der Waals surface area contributed by atoms with Gasteiger partial charge < -0.3 is 14.6 Å². The normalized spacial score (nSPS) is 18.4. The third-order valence-electron chi connectivity index (χ3n) is 4.99. The summed E-state index contributed by atoms with van der Waals surface area (Å²) in [6.45, 7) is 0.480. The summed E-state index contributed by atoms with van der Waals surface area (Å²) in [5.74, 6) is 2.50. The quantitative estimate of drug-likeness (QED) is 0.771. The average molecular weight is 361 g/mol. The summed E-state index contributed by atoms with van der Waals surface area (Å²) in [5.41, 5.74) is 2.56. The summed E-state index contributed by atoms with van der Waals surface area (Å²) < 4.78 is 11.0. The number of fused-ring (bicyclic) bond motifs is 1. The number of hydrogen-bond acceptors (Lipinski definition) is 5. The van der Waals surface area contributed by atoms with E-state index in [0.29, 0.717) is 29.8 Å². The number of nitrogens with one attached hydrogen (secondary N) is 1. The number of carbonyl (C=O) groups excluding carboxylic acids is 1. The Balaban J connectivity index is 1.25. The van der Waals surface area contributed by atoms with E-state index in [9.17, 15) is 4.79 Å². The lowest BCUT2D eigenvalue weighted by atomic mass is 10.0. The smallest absolute Gasteiger partial charge is 0.251 e. The van der Waals surface area contributed by atoms with E-state index < -0.39 is 0 Å². The summed E-state index contributed by atoms with van der Waals surface area (Å²) in [6.07, 6.45) is 3.01. The third kappa shape index (κ3) is 3.30. The Bertz CT molecular complexity index is 976. The highest BCUT2D eigenvalue weighted by atomic mass is 16.5. The minimum atomic E-state index is -0.110. The number of benzene rings is 2. The van der Waals surface area contributed by atoms with Gasteiger partial charge >= 0.3 is 0 Å². The summed E-state index contributed by atoms with van der Waals surface area (Å²) in [4.78, 5) is 17.0. The molecule has 0 unspecified atom stereocenters. The van der Waals surface area contributed by atoms with Crippen LogP contribution < -0.4 is 10.1 Å². The van der Waals surface area contributed by atoms with Crippen LogP contribution in [0.5, 0.6) is 5.75 Å². The molecule has 1 aliphatic heterocycles. The molecule has 0 bridgehead atoms. The largest absolute Gasteiger partial charge is 0.491 e. The second-order valence-corrected chi connectivity index (χ2v) is 7.10. The van der Waals surface area contributed by atoms with Gasteiger partial charge in [-0.25, -0.2) is 0 Å². The number of ether oxygens (including phenoxy) is 1. The van der Waals surface area contributed by atoms with E-state index in [1.54, 1.807) is 12.1 Å². The van der Waals surface area contributed by atoms with E-state index in [-0.39, 0.29) is 11.9 Å². The molecular weight excluding hydrogens is 342 g/mol. The van der Waals surface area contributed by atoms with Crippen molar-refractivity contribution in [2.45, 2.75) is 31.2 Å². The minimum Gasteiger partial charge on any atom is -0.491 e. The van der Waals surface area contributed by atoms with Crippen molar-refractivity contribution in [3.8, 4) is 17.1 Å². The maximum absolute atomic E-state index is 12.6. The molecule has 1 aromatic heterocycles. The number of rotatable bonds is 4. The van der Waals surface area contributed by atoms with Gasteiger partial charge in [0.25, 0.3) is 5.91 Å². The molecule has 2 aromatic carbocycles. The molecule has 2 aliphatic rings. The molecule has 27 heavy (non-hydrogen) atoms. The molecule has 1 amide bonds. The summed E-state index contributed by atoms with van der Waals surface area (Å²) in [7, 11) is 0. The van der Waals surface area contributed by atoms with E-state index in [4.69, 9.17) is 9.26 Å². The second kappa shape index (κ2) is 6.54. The molecule has 1 saturated carbocycles. The van der Waals surface area contributed by atoms with Crippen LogP contribution in [0.4, 0.5) is 0 Å². The van der Waals surface area contributed by atoms with Crippen molar-refractivity contribution in [3.63, 3.8) is 0 Å². The lowest BCUT2D eigenvalue weighted by Crippen LogP contribution is -2.42. The van der Waals surface area contributed by atoms with Crippen molar-refractivity contribution >= 4 is 5.91 Å². The number of hydrogen-bond donors (Lipinski definition) is 1. The van der Waals surface area contributed by atoms with Crippen LogP contribution in [0.15, 0.2) is 53.1 Å². The van der Waals surface area contributed by atoms with E-state index in [1.165, 1.54) is 0 Å². The van der Waals surface area contributed by atoms with Crippen LogP contribution in [-0.2, 0) is 6.42 Å². The highest BCUT2D eigenvalue weighted by molar-refractivity contribution is 5.94. The van der Waals surface area contributed by atoms with Gasteiger partial charge in [-0.2, -0.15) is 4.98 Å². The lowest BCUT2D eigenvalue weighted by molar-refractivity contribution is 0.0915. The van der Waals surface area contributed by atoms with Crippen molar-refractivity contribution in [2.75, 3.05) is 6.61 Å². The van der Waals surface area contributed by atoms with Crippen molar-refractivity contribution in [2.24, 2.45) is 0 Å². The Labute approximate surface area is 156 Å². The highest BCUT2D eigenvalue weighted by Gasteiger charge is 2.29. The Kier molecular flexibility index (Phi) is 3.89. The van der Waals surface area contributed by atoms with Crippen molar-refractivity contribution in [1.82, 2.24) is 15.5 Å². The van der Waals surface area contributed by atoms with Gasteiger partial charge in [-0.15, -0.1) is 0 Å². The molecule has 1 aliphatic carbocycles. The molecule has 1 atom stereocenters. The minimum absolute atomic E-state index is 0.0367. The van der Waals surface area contributed by atoms with Crippen LogP contribution in [0.1, 0.15) is 40.6 Å². The first kappa shape index (κ1) is 16.1. The number of amides is 1. The average Bonchev–Trinajstić information content (AvgIpc) is 3.45. The number of nitrogens with zero attached hydrogens (tertiary/aromatic N) is 2. The van der Waals surface area contributed by atoms with Gasteiger partial charge in [0.2, 0.25) is 11.7 Å². The fourth-order valence-corrected chi connectivity index (χ4v) is 3.31. The molecule has 1 N–H and O–H groups in total. The molecule has 3 aromatic rings. The Morgan fingerprint density at radius 1 is 1.07 bits per heavy atom. The molecule has 136 valence electrons. The van der Waals surface area contributed by atoms with Crippen LogP contribution in [0, 0.1) is 0 Å². The first-order valence-electron chi connectivity index (χ1n) is 9.22. The van der Waals surface area contributed by atoms with Gasteiger partial charge in [-0.05, 0) is 43.0 Å². The van der Waals surface area contributed by atoms with Gasteiger partial charge in [-0.3, -0.25) is 4.79 Å². The van der Waals surface area contributed by atoms with Gasteiger partial charge in [0.15, 0.2) is 0 Å². The van der Waals surface area contributed by atoms with Gasteiger partial charge in [0.1, 0.15) is 12.4 Å². The number of aromatic nitrogens is 2. The maximum atomic E-state index is 12.6. The van der Waals surface area contributed by atoms with Crippen LogP contribution in [0.2, 0.25) is 0 Å². The Morgan fingerprint density at radius 3 is 2.70 bits per heavy atom. The fourth-order valence-electron chi connectivity index (χ4n) is 3.31. The highest BCUT2D eigenvalue weighted by Crippen LogP contribution is 2.39. The monoisotopic (exact) mass is 361 g/mol. The maximum Gasteiger partial charge on any atom is 0.251 e. The van der Waals surface area contributed by atoms with Crippen molar-refractivity contribution in [1.29, 1.82) is 0 Å². The van der Waals surface area contributed by atoms with Gasteiger partial charge in [0, 0.05) is 17.0 Å². The Hall–Kier alpha value is -3.15. The zero-order valence-corrected chi connectivity index (χ0v) is 14.7. The predicted octanol–water partition coefficient (Wildman–Crippen LogP) is 3.35. The van der Waals surface area contributed by atoms with Crippen molar-refractivity contribution in [3.05, 3.63) is 65.5 Å². The molecule has 6 nitrogen and oxygen atoms in total. The second-order valence-electron chi connectivity index (χ2n) is 7.10. The van der Waals surface area contributed by atoms with E-state index in [2.05, 4.69) is 15.5 Å². The first-order valence-corrected chi connectivity index (χ1v) is 9.22. The zero-order chi connectivity index (χ0) is 18.2. The van der Waals surface area contributed by atoms with E-state index in [0.717, 1.165) is 36.1 Å². The molecule has 2 heterocycles. The number of para-hydroxylation sites is 1. The Morgan fingerprint density at radius 2 is 1.89 bits per heavy atom. The van der Waals surface area contributed by atoms with Gasteiger partial charge in [0.05, 0.1) is 6.04 Å². The molecule has 0 spiro atoms. The fraction of sp³-hybridized carbons (Fsp3) is 0.286. The SMILES string of the molecule is O=C(N[C@@H]1COc2ccccc2C1)c1ccc(-c2noc(C3CC3)n2)cc1. The summed E-state index contributed by atoms with van der Waals surface area (Å²) in [6, 6.07) is 15.2. The first-order chi connectivity index (χ1) is 13.3. The molecule has 5 rings (SSSR count). The van der Waals surface area contributed by atoms with Crippen molar-refractivity contribution < 1.29 is 14.1 Å². The standard InChI is InChI=1S/C21H19N3O3/c25-20(22-17-11-16-3-1-2-4-18(16)26-12-17)14-7-5-13(6-8-14)19-23-21(27-24-19)15-9-10-15/h1-8,15,17H,9-12H2,(H,22,25)/t17-/m0/s1. The van der Waals surface area contributed by atoms with Crippen LogP contribution in [0.25, 0.3) is 11.4 Å². The summed E-state index contributed by atoms with van der Waals surface area (Å²) in [5, 5.41) is 7.08. The lowest BCUT2D eigenvalue weighted by Gasteiger charge is -2.26. The topological polar surface area (TPSA) is 77.2 Å². The van der Waals surface area contributed by atoms with Gasteiger partial charge in [-0.1, -0.05) is 35.5 Å². The number of carbonyl (C=O) groups is 1. The predicted molar refractivity (Wildman–Crippen MR) is 98.6 cm³/mol. The molecule has 0 saturated heterocycles. The molecular formula is C21H19N3O3. The van der Waals surface area contributed by atoms with Crippen LogP contribution in [0.3, 0.4) is 0 Å². The van der Waals surface area contributed by atoms with E-state index in [1.807, 2.05) is 36.4 Å². The van der Waals surface area contributed by atoms with E-state index >= 15 is 0 Å². The molecule has 0 radical (unpaired) electrons. The third-order valence-corrected chi connectivity index (χ3v) is 4.99. The zero-order valence-electron chi connectivity index (χ0n) is 14.7. The van der Waals surface area contributed by atoms with Crippen LogP contribution >= 0.6 is 0 Å². The molecule has 6 heteroatoms. The van der Waals surface area contributed by atoms with Crippen LogP contribution in [-0.4, -0.2) is 28.7 Å².